The number of fused-ring (bicyclic) bond motifs is 1. The Morgan fingerprint density at radius 3 is 2.86 bits per heavy atom. The van der Waals surface area contributed by atoms with Crippen molar-refractivity contribution < 1.29 is 13.2 Å². The van der Waals surface area contributed by atoms with Gasteiger partial charge in [-0.2, -0.15) is 0 Å². The van der Waals surface area contributed by atoms with E-state index in [4.69, 9.17) is 4.74 Å². The van der Waals surface area contributed by atoms with E-state index in [0.717, 1.165) is 31.6 Å². The summed E-state index contributed by atoms with van der Waals surface area (Å²) in [5.74, 6) is 2.37. The lowest BCUT2D eigenvalue weighted by Gasteiger charge is -2.31. The Hall–Kier alpha value is -1.07. The van der Waals surface area contributed by atoms with Crippen molar-refractivity contribution in [1.29, 1.82) is 0 Å². The third-order valence-electron chi connectivity index (χ3n) is 4.83. The van der Waals surface area contributed by atoms with Gasteiger partial charge in [0.2, 0.25) is 0 Å². The zero-order valence-electron chi connectivity index (χ0n) is 12.4. The molecule has 3 unspecified atom stereocenters. The van der Waals surface area contributed by atoms with Crippen molar-refractivity contribution >= 4 is 9.84 Å². The minimum atomic E-state index is -2.82. The summed E-state index contributed by atoms with van der Waals surface area (Å²) in [5.41, 5.74) is 1.27. The normalized spacial score (nSPS) is 28.6. The first-order valence-electron chi connectivity index (χ1n) is 7.68. The van der Waals surface area contributed by atoms with Gasteiger partial charge in [0.15, 0.2) is 9.84 Å². The summed E-state index contributed by atoms with van der Waals surface area (Å²) in [6.07, 6.45) is 2.78. The molecule has 0 amide bonds. The fraction of sp³-hybridized carbons (Fsp3) is 0.625. The van der Waals surface area contributed by atoms with E-state index in [1.807, 2.05) is 19.2 Å². The van der Waals surface area contributed by atoms with Gasteiger partial charge in [0.05, 0.1) is 18.1 Å². The number of sulfone groups is 1. The van der Waals surface area contributed by atoms with Gasteiger partial charge < -0.3 is 10.1 Å². The number of ether oxygens (including phenoxy) is 1. The standard InChI is InChI=1S/C16H23NO3S/c1-17-15(13-7-9-21(18,19)11-13)10-12-6-8-20-16-5-3-2-4-14(12)16/h2-5,12-13,15,17H,6-11H2,1H3. The summed E-state index contributed by atoms with van der Waals surface area (Å²) in [4.78, 5) is 0. The lowest BCUT2D eigenvalue weighted by Crippen LogP contribution is -2.36. The van der Waals surface area contributed by atoms with E-state index in [-0.39, 0.29) is 12.0 Å². The van der Waals surface area contributed by atoms with E-state index >= 15 is 0 Å². The van der Waals surface area contributed by atoms with Crippen LogP contribution in [-0.4, -0.2) is 39.6 Å². The van der Waals surface area contributed by atoms with E-state index in [2.05, 4.69) is 17.4 Å². The van der Waals surface area contributed by atoms with E-state index in [9.17, 15) is 8.42 Å². The zero-order valence-corrected chi connectivity index (χ0v) is 13.2. The smallest absolute Gasteiger partial charge is 0.150 e. The summed E-state index contributed by atoms with van der Waals surface area (Å²) in [7, 11) is -0.871. The predicted octanol–water partition coefficient (Wildman–Crippen LogP) is 1.97. The highest BCUT2D eigenvalue weighted by atomic mass is 32.2. The van der Waals surface area contributed by atoms with Gasteiger partial charge in [-0.15, -0.1) is 0 Å². The molecule has 0 aliphatic carbocycles. The average molecular weight is 309 g/mol. The molecule has 2 heterocycles. The van der Waals surface area contributed by atoms with Crippen LogP contribution in [0.3, 0.4) is 0 Å². The van der Waals surface area contributed by atoms with E-state index in [1.165, 1.54) is 5.56 Å². The van der Waals surface area contributed by atoms with E-state index < -0.39 is 9.84 Å². The molecule has 0 bridgehead atoms. The second kappa shape index (κ2) is 5.97. The molecule has 3 atom stereocenters. The molecule has 1 fully saturated rings. The Labute approximate surface area is 126 Å². The molecule has 4 nitrogen and oxygen atoms in total. The van der Waals surface area contributed by atoms with Gasteiger partial charge in [-0.25, -0.2) is 8.42 Å². The van der Waals surface area contributed by atoms with Gasteiger partial charge in [-0.05, 0) is 49.8 Å². The fourth-order valence-electron chi connectivity index (χ4n) is 3.65. The fourth-order valence-corrected chi connectivity index (χ4v) is 5.53. The quantitative estimate of drug-likeness (QED) is 0.924. The van der Waals surface area contributed by atoms with Gasteiger partial charge in [0.1, 0.15) is 5.75 Å². The van der Waals surface area contributed by atoms with Crippen LogP contribution in [-0.2, 0) is 9.84 Å². The highest BCUT2D eigenvalue weighted by Gasteiger charge is 2.35. The van der Waals surface area contributed by atoms with Crippen LogP contribution in [0.25, 0.3) is 0 Å². The second-order valence-corrected chi connectivity index (χ2v) is 8.39. The van der Waals surface area contributed by atoms with Crippen molar-refractivity contribution in [3.8, 4) is 5.75 Å². The highest BCUT2D eigenvalue weighted by molar-refractivity contribution is 7.91. The average Bonchev–Trinajstić information content (AvgIpc) is 2.85. The molecular formula is C16H23NO3S. The van der Waals surface area contributed by atoms with Gasteiger partial charge in [0, 0.05) is 6.04 Å². The molecule has 1 saturated heterocycles. The third-order valence-corrected chi connectivity index (χ3v) is 6.62. The minimum Gasteiger partial charge on any atom is -0.493 e. The van der Waals surface area contributed by atoms with Crippen molar-refractivity contribution in [2.45, 2.75) is 31.2 Å². The Kier molecular flexibility index (Phi) is 4.22. The lowest BCUT2D eigenvalue weighted by molar-refractivity contribution is 0.246. The van der Waals surface area contributed by atoms with Gasteiger partial charge in [-0.1, -0.05) is 18.2 Å². The van der Waals surface area contributed by atoms with Crippen LogP contribution in [0.1, 0.15) is 30.7 Å². The monoisotopic (exact) mass is 309 g/mol. The Balaban J connectivity index is 1.74. The number of para-hydroxylation sites is 1. The molecule has 2 aliphatic rings. The maximum Gasteiger partial charge on any atom is 0.150 e. The van der Waals surface area contributed by atoms with Crippen molar-refractivity contribution in [2.24, 2.45) is 5.92 Å². The molecule has 21 heavy (non-hydrogen) atoms. The first-order valence-corrected chi connectivity index (χ1v) is 9.50. The molecule has 0 saturated carbocycles. The number of benzene rings is 1. The van der Waals surface area contributed by atoms with Crippen molar-refractivity contribution in [2.75, 3.05) is 25.2 Å². The molecule has 1 aromatic carbocycles. The summed E-state index contributed by atoms with van der Waals surface area (Å²) in [6.45, 7) is 0.751. The molecule has 3 rings (SSSR count). The topological polar surface area (TPSA) is 55.4 Å². The Bertz CT molecular complexity index is 599. The molecule has 1 aromatic rings. The van der Waals surface area contributed by atoms with Crippen LogP contribution in [0.2, 0.25) is 0 Å². The number of hydrogen-bond donors (Lipinski definition) is 1. The van der Waals surface area contributed by atoms with Crippen LogP contribution >= 0.6 is 0 Å². The number of hydrogen-bond acceptors (Lipinski definition) is 4. The maximum absolute atomic E-state index is 11.7. The summed E-state index contributed by atoms with van der Waals surface area (Å²) >= 11 is 0. The van der Waals surface area contributed by atoms with Crippen LogP contribution in [0.4, 0.5) is 0 Å². The molecule has 0 spiro atoms. The van der Waals surface area contributed by atoms with Crippen LogP contribution in [0.5, 0.6) is 5.75 Å². The number of nitrogens with one attached hydrogen (secondary N) is 1. The molecule has 116 valence electrons. The first-order chi connectivity index (χ1) is 10.1. The predicted molar refractivity (Wildman–Crippen MR) is 83.5 cm³/mol. The zero-order chi connectivity index (χ0) is 14.9. The largest absolute Gasteiger partial charge is 0.493 e. The molecule has 5 heteroatoms. The number of rotatable bonds is 4. The lowest BCUT2D eigenvalue weighted by atomic mass is 9.83. The van der Waals surface area contributed by atoms with Crippen molar-refractivity contribution in [1.82, 2.24) is 5.32 Å². The molecule has 2 aliphatic heterocycles. The maximum atomic E-state index is 11.7. The van der Waals surface area contributed by atoms with E-state index in [0.29, 0.717) is 17.4 Å². The van der Waals surface area contributed by atoms with Gasteiger partial charge in [-0.3, -0.25) is 0 Å². The molecular weight excluding hydrogens is 286 g/mol. The first kappa shape index (κ1) is 14.9. The molecule has 1 N–H and O–H groups in total. The van der Waals surface area contributed by atoms with E-state index in [1.54, 1.807) is 0 Å². The summed E-state index contributed by atoms with van der Waals surface area (Å²) in [5, 5.41) is 3.35. The Morgan fingerprint density at radius 1 is 1.33 bits per heavy atom. The highest BCUT2D eigenvalue weighted by Crippen LogP contribution is 2.38. The minimum absolute atomic E-state index is 0.245. The van der Waals surface area contributed by atoms with Crippen LogP contribution < -0.4 is 10.1 Å². The SMILES string of the molecule is CNC(CC1CCOc2ccccc21)C1CCS(=O)(=O)C1. The molecule has 0 radical (unpaired) electrons. The molecule has 0 aromatic heterocycles. The Morgan fingerprint density at radius 2 is 2.14 bits per heavy atom. The van der Waals surface area contributed by atoms with Gasteiger partial charge in [0.25, 0.3) is 0 Å². The van der Waals surface area contributed by atoms with Crippen LogP contribution in [0, 0.1) is 5.92 Å². The van der Waals surface area contributed by atoms with Crippen LogP contribution in [0.15, 0.2) is 24.3 Å². The third kappa shape index (κ3) is 3.24. The second-order valence-electron chi connectivity index (χ2n) is 6.17. The summed E-state index contributed by atoms with van der Waals surface area (Å²) in [6, 6.07) is 8.47. The van der Waals surface area contributed by atoms with Crippen molar-refractivity contribution in [3.05, 3.63) is 29.8 Å². The van der Waals surface area contributed by atoms with Gasteiger partial charge >= 0.3 is 0 Å². The van der Waals surface area contributed by atoms with Crippen molar-refractivity contribution in [3.63, 3.8) is 0 Å². The summed E-state index contributed by atoms with van der Waals surface area (Å²) < 4.78 is 29.1.